The third-order valence-electron chi connectivity index (χ3n) is 4.42. The monoisotopic (exact) mass is 268 g/mol. The molecule has 1 fully saturated rings. The summed E-state index contributed by atoms with van der Waals surface area (Å²) in [5.74, 6) is 0.510. The van der Waals surface area contributed by atoms with Crippen LogP contribution < -0.4 is 5.32 Å². The maximum atomic E-state index is 12.9. The third-order valence-corrected chi connectivity index (χ3v) is 4.42. The number of nitrogens with zero attached hydrogens (tertiary/aromatic N) is 1. The van der Waals surface area contributed by atoms with Crippen LogP contribution in [0.1, 0.15) is 60.3 Å². The molecular formula is C15H28N2O2. The van der Waals surface area contributed by atoms with E-state index >= 15 is 0 Å². The summed E-state index contributed by atoms with van der Waals surface area (Å²) in [4.78, 5) is 26.7. The van der Waals surface area contributed by atoms with E-state index in [9.17, 15) is 9.59 Å². The fourth-order valence-electron chi connectivity index (χ4n) is 3.08. The Hall–Kier alpha value is -1.06. The number of hydrogen-bond acceptors (Lipinski definition) is 2. The van der Waals surface area contributed by atoms with Crippen molar-refractivity contribution in [1.82, 2.24) is 10.2 Å². The summed E-state index contributed by atoms with van der Waals surface area (Å²) in [6, 6.07) is 0.220. The van der Waals surface area contributed by atoms with Crippen LogP contribution in [0.5, 0.6) is 0 Å². The van der Waals surface area contributed by atoms with E-state index < -0.39 is 5.54 Å². The predicted molar refractivity (Wildman–Crippen MR) is 76.7 cm³/mol. The summed E-state index contributed by atoms with van der Waals surface area (Å²) in [7, 11) is 0. The van der Waals surface area contributed by atoms with Gasteiger partial charge in [-0.05, 0) is 25.2 Å². The molecule has 4 heteroatoms. The van der Waals surface area contributed by atoms with Crippen molar-refractivity contribution in [2.24, 2.45) is 5.92 Å². The van der Waals surface area contributed by atoms with Crippen molar-refractivity contribution in [3.63, 3.8) is 0 Å². The second-order valence-electron chi connectivity index (χ2n) is 5.81. The van der Waals surface area contributed by atoms with E-state index in [0.29, 0.717) is 31.7 Å². The van der Waals surface area contributed by atoms with Crippen LogP contribution in [0.25, 0.3) is 0 Å². The van der Waals surface area contributed by atoms with Crippen LogP contribution in [-0.4, -0.2) is 34.8 Å². The minimum atomic E-state index is -0.699. The van der Waals surface area contributed by atoms with Crippen molar-refractivity contribution in [3.05, 3.63) is 0 Å². The Morgan fingerprint density at radius 3 is 2.21 bits per heavy atom. The Balaban J connectivity index is 3.11. The van der Waals surface area contributed by atoms with E-state index in [2.05, 4.69) is 26.1 Å². The zero-order valence-electron chi connectivity index (χ0n) is 13.0. The average molecular weight is 268 g/mol. The molecule has 0 radical (unpaired) electrons. The molecule has 0 saturated carbocycles. The molecule has 1 N–H and O–H groups in total. The van der Waals surface area contributed by atoms with Crippen LogP contribution >= 0.6 is 0 Å². The lowest BCUT2D eigenvalue weighted by Crippen LogP contribution is -2.58. The zero-order chi connectivity index (χ0) is 14.6. The number of amides is 2. The van der Waals surface area contributed by atoms with Crippen molar-refractivity contribution in [1.29, 1.82) is 0 Å². The van der Waals surface area contributed by atoms with E-state index in [0.717, 1.165) is 6.42 Å². The molecule has 1 aliphatic rings. The van der Waals surface area contributed by atoms with Gasteiger partial charge in [-0.25, -0.2) is 0 Å². The Kier molecular flexibility index (Phi) is 5.39. The van der Waals surface area contributed by atoms with Crippen LogP contribution in [0.15, 0.2) is 0 Å². The molecule has 1 unspecified atom stereocenters. The molecule has 0 aromatic heterocycles. The van der Waals surface area contributed by atoms with Crippen molar-refractivity contribution < 1.29 is 9.59 Å². The van der Waals surface area contributed by atoms with Gasteiger partial charge in [0.1, 0.15) is 5.54 Å². The topological polar surface area (TPSA) is 49.4 Å². The molecule has 110 valence electrons. The predicted octanol–water partition coefficient (Wildman–Crippen LogP) is 2.33. The fraction of sp³-hybridized carbons (Fsp3) is 0.867. The van der Waals surface area contributed by atoms with E-state index in [1.165, 1.54) is 0 Å². The van der Waals surface area contributed by atoms with Crippen molar-refractivity contribution in [3.8, 4) is 0 Å². The quantitative estimate of drug-likeness (QED) is 0.832. The summed E-state index contributed by atoms with van der Waals surface area (Å²) in [5.41, 5.74) is -0.699. The lowest BCUT2D eigenvalue weighted by molar-refractivity contribution is -0.142. The van der Waals surface area contributed by atoms with Crippen molar-refractivity contribution in [2.75, 3.05) is 6.54 Å². The van der Waals surface area contributed by atoms with Gasteiger partial charge in [-0.1, -0.05) is 34.6 Å². The van der Waals surface area contributed by atoms with E-state index in [-0.39, 0.29) is 17.9 Å². The van der Waals surface area contributed by atoms with E-state index in [4.69, 9.17) is 0 Å². The van der Waals surface area contributed by atoms with Crippen molar-refractivity contribution in [2.45, 2.75) is 71.9 Å². The molecular weight excluding hydrogens is 240 g/mol. The Morgan fingerprint density at radius 2 is 1.79 bits per heavy atom. The average Bonchev–Trinajstić information content (AvgIpc) is 2.50. The fourth-order valence-corrected chi connectivity index (χ4v) is 3.08. The molecule has 1 aliphatic heterocycles. The maximum Gasteiger partial charge on any atom is 0.248 e. The van der Waals surface area contributed by atoms with Crippen LogP contribution in [0.4, 0.5) is 0 Å². The van der Waals surface area contributed by atoms with Gasteiger partial charge < -0.3 is 10.2 Å². The van der Waals surface area contributed by atoms with E-state index in [1.54, 1.807) is 0 Å². The molecule has 2 amide bonds. The minimum Gasteiger partial charge on any atom is -0.342 e. The van der Waals surface area contributed by atoms with Gasteiger partial charge in [0.25, 0.3) is 0 Å². The molecule has 1 atom stereocenters. The van der Waals surface area contributed by atoms with Gasteiger partial charge in [0, 0.05) is 19.0 Å². The summed E-state index contributed by atoms with van der Waals surface area (Å²) in [5, 5.41) is 2.96. The molecule has 1 saturated heterocycles. The first kappa shape index (κ1) is 16.0. The van der Waals surface area contributed by atoms with Crippen LogP contribution in [0.3, 0.4) is 0 Å². The summed E-state index contributed by atoms with van der Waals surface area (Å²) >= 11 is 0. The Labute approximate surface area is 116 Å². The second kappa shape index (κ2) is 6.40. The van der Waals surface area contributed by atoms with E-state index in [1.807, 2.05) is 18.7 Å². The van der Waals surface area contributed by atoms with Crippen LogP contribution in [0.2, 0.25) is 0 Å². The van der Waals surface area contributed by atoms with Crippen LogP contribution in [0, 0.1) is 5.92 Å². The van der Waals surface area contributed by atoms with Crippen molar-refractivity contribution >= 4 is 11.8 Å². The number of rotatable bonds is 5. The molecule has 0 aromatic carbocycles. The highest BCUT2D eigenvalue weighted by Gasteiger charge is 2.43. The van der Waals surface area contributed by atoms with Crippen LogP contribution in [-0.2, 0) is 9.59 Å². The highest BCUT2D eigenvalue weighted by Crippen LogP contribution is 2.26. The minimum absolute atomic E-state index is 0.00170. The molecule has 4 nitrogen and oxygen atoms in total. The summed E-state index contributed by atoms with van der Waals surface area (Å²) < 4.78 is 0. The summed E-state index contributed by atoms with van der Waals surface area (Å²) in [6.07, 6.45) is 2.65. The van der Waals surface area contributed by atoms with Gasteiger partial charge in [-0.2, -0.15) is 0 Å². The smallest absolute Gasteiger partial charge is 0.248 e. The van der Waals surface area contributed by atoms with Gasteiger partial charge in [0.05, 0.1) is 0 Å². The first-order valence-electron chi connectivity index (χ1n) is 7.53. The van der Waals surface area contributed by atoms with Gasteiger partial charge in [0.15, 0.2) is 0 Å². The lowest BCUT2D eigenvalue weighted by atomic mass is 9.89. The van der Waals surface area contributed by atoms with Gasteiger partial charge in [-0.3, -0.25) is 9.59 Å². The van der Waals surface area contributed by atoms with Gasteiger partial charge >= 0.3 is 0 Å². The third kappa shape index (κ3) is 3.10. The molecule has 0 aliphatic carbocycles. The highest BCUT2D eigenvalue weighted by molar-refractivity contribution is 5.93. The molecule has 19 heavy (non-hydrogen) atoms. The normalized spacial score (nSPS) is 21.3. The second-order valence-corrected chi connectivity index (χ2v) is 5.81. The highest BCUT2D eigenvalue weighted by atomic mass is 16.2. The number of nitrogens with one attached hydrogen (secondary N) is 1. The number of carbonyl (C=O) groups is 2. The maximum absolute atomic E-state index is 12.9. The SMILES string of the molecule is CCC(C(C)C)N1CCC(=O)NC(CC)(CC)C1=O. The summed E-state index contributed by atoms with van der Waals surface area (Å²) in [6.45, 7) is 10.9. The largest absolute Gasteiger partial charge is 0.342 e. The Bertz CT molecular complexity index is 335. The molecule has 1 rings (SSSR count). The number of hydrogen-bond donors (Lipinski definition) is 1. The molecule has 1 heterocycles. The van der Waals surface area contributed by atoms with Gasteiger partial charge in [0.2, 0.25) is 11.8 Å². The van der Waals surface area contributed by atoms with Gasteiger partial charge in [-0.15, -0.1) is 0 Å². The molecule has 0 aromatic rings. The Morgan fingerprint density at radius 1 is 1.21 bits per heavy atom. The first-order chi connectivity index (χ1) is 8.91. The standard InChI is InChI=1S/C15H28N2O2/c1-6-12(11(4)5)17-10-9-13(18)16-15(7-2,8-3)14(17)19/h11-12H,6-10H2,1-5H3,(H,16,18). The lowest BCUT2D eigenvalue weighted by Gasteiger charge is -2.39. The zero-order valence-corrected chi connectivity index (χ0v) is 13.0. The molecule has 0 bridgehead atoms. The number of carbonyl (C=O) groups excluding carboxylic acids is 2. The first-order valence-corrected chi connectivity index (χ1v) is 7.53. The molecule has 0 spiro atoms.